The van der Waals surface area contributed by atoms with E-state index in [-0.39, 0.29) is 5.92 Å². The summed E-state index contributed by atoms with van der Waals surface area (Å²) in [4.78, 5) is 58.4. The first-order valence-corrected chi connectivity index (χ1v) is 8.67. The third-order valence-corrected chi connectivity index (χ3v) is 4.05. The smallest absolute Gasteiger partial charge is 0.322 e. The van der Waals surface area contributed by atoms with Gasteiger partial charge in [-0.3, -0.25) is 24.0 Å². The number of hydrogen-bond donors (Lipinski definition) is 6. The Kier molecular flexibility index (Phi) is 8.66. The minimum Gasteiger partial charge on any atom is -0.481 e. The molecule has 152 valence electrons. The molecular formula is C16H26N4O7. The monoisotopic (exact) mass is 386 g/mol. The third-order valence-electron chi connectivity index (χ3n) is 4.05. The van der Waals surface area contributed by atoms with Gasteiger partial charge in [0, 0.05) is 0 Å². The summed E-state index contributed by atoms with van der Waals surface area (Å²) in [7, 11) is 0. The SMILES string of the molecule is CC(C)C(NC(=O)C(CC(=O)O)NC(=O)C1CCCN1)C(=O)NCC(=O)O. The fourth-order valence-electron chi connectivity index (χ4n) is 2.63. The van der Waals surface area contributed by atoms with Crippen LogP contribution in [-0.2, 0) is 24.0 Å². The molecule has 0 aromatic heterocycles. The molecule has 6 N–H and O–H groups in total. The number of carbonyl (C=O) groups is 5. The highest BCUT2D eigenvalue weighted by Crippen LogP contribution is 2.07. The van der Waals surface area contributed by atoms with Crippen LogP contribution in [0.1, 0.15) is 33.1 Å². The van der Waals surface area contributed by atoms with Crippen molar-refractivity contribution in [1.82, 2.24) is 21.3 Å². The highest BCUT2D eigenvalue weighted by molar-refractivity contribution is 5.95. The van der Waals surface area contributed by atoms with Gasteiger partial charge in [0.25, 0.3) is 0 Å². The van der Waals surface area contributed by atoms with Gasteiger partial charge < -0.3 is 31.5 Å². The number of amides is 3. The molecule has 3 unspecified atom stereocenters. The van der Waals surface area contributed by atoms with Gasteiger partial charge in [0.05, 0.1) is 12.5 Å². The Morgan fingerprint density at radius 1 is 1.04 bits per heavy atom. The van der Waals surface area contributed by atoms with Gasteiger partial charge in [0.1, 0.15) is 18.6 Å². The van der Waals surface area contributed by atoms with Crippen molar-refractivity contribution in [3.05, 3.63) is 0 Å². The maximum atomic E-state index is 12.5. The predicted molar refractivity (Wildman–Crippen MR) is 92.6 cm³/mol. The topological polar surface area (TPSA) is 174 Å². The molecule has 0 aromatic rings. The molecule has 11 heteroatoms. The molecule has 1 heterocycles. The van der Waals surface area contributed by atoms with Gasteiger partial charge in [-0.2, -0.15) is 0 Å². The van der Waals surface area contributed by atoms with Crippen LogP contribution in [0.15, 0.2) is 0 Å². The summed E-state index contributed by atoms with van der Waals surface area (Å²) in [6, 6.07) is -2.92. The van der Waals surface area contributed by atoms with Gasteiger partial charge in [0.2, 0.25) is 17.7 Å². The Labute approximate surface area is 156 Å². The average molecular weight is 386 g/mol. The van der Waals surface area contributed by atoms with Gasteiger partial charge >= 0.3 is 11.9 Å². The van der Waals surface area contributed by atoms with Gasteiger partial charge in [-0.25, -0.2) is 0 Å². The molecule has 1 saturated heterocycles. The van der Waals surface area contributed by atoms with Crippen LogP contribution in [0, 0.1) is 5.92 Å². The quantitative estimate of drug-likeness (QED) is 0.251. The van der Waals surface area contributed by atoms with Crippen LogP contribution in [0.4, 0.5) is 0 Å². The first-order valence-electron chi connectivity index (χ1n) is 8.67. The number of carbonyl (C=O) groups excluding carboxylic acids is 3. The molecule has 11 nitrogen and oxygen atoms in total. The fraction of sp³-hybridized carbons (Fsp3) is 0.688. The van der Waals surface area contributed by atoms with Crippen LogP contribution >= 0.6 is 0 Å². The zero-order chi connectivity index (χ0) is 20.6. The van der Waals surface area contributed by atoms with E-state index in [0.29, 0.717) is 13.0 Å². The first-order chi connectivity index (χ1) is 12.6. The van der Waals surface area contributed by atoms with E-state index in [1.54, 1.807) is 13.8 Å². The number of rotatable bonds is 10. The molecule has 0 saturated carbocycles. The summed E-state index contributed by atoms with van der Waals surface area (Å²) < 4.78 is 0. The van der Waals surface area contributed by atoms with Crippen molar-refractivity contribution in [3.8, 4) is 0 Å². The largest absolute Gasteiger partial charge is 0.481 e. The summed E-state index contributed by atoms with van der Waals surface area (Å²) in [5.74, 6) is -4.93. The predicted octanol–water partition coefficient (Wildman–Crippen LogP) is -1.96. The Morgan fingerprint density at radius 2 is 1.70 bits per heavy atom. The normalized spacial score (nSPS) is 18.4. The maximum Gasteiger partial charge on any atom is 0.322 e. The van der Waals surface area contributed by atoms with Crippen molar-refractivity contribution in [2.24, 2.45) is 5.92 Å². The van der Waals surface area contributed by atoms with Crippen LogP contribution in [-0.4, -0.2) is 71.1 Å². The molecule has 0 aliphatic carbocycles. The highest BCUT2D eigenvalue weighted by atomic mass is 16.4. The third kappa shape index (κ3) is 7.60. The first kappa shape index (κ1) is 22.4. The van der Waals surface area contributed by atoms with Gasteiger partial charge in [-0.15, -0.1) is 0 Å². The number of aliphatic carboxylic acids is 2. The lowest BCUT2D eigenvalue weighted by molar-refractivity contribution is -0.142. The minimum absolute atomic E-state index is 0.388. The Balaban J connectivity index is 2.78. The second-order valence-corrected chi connectivity index (χ2v) is 6.65. The van der Waals surface area contributed by atoms with E-state index in [4.69, 9.17) is 10.2 Å². The molecule has 0 aromatic carbocycles. The van der Waals surface area contributed by atoms with Gasteiger partial charge in [-0.05, 0) is 25.3 Å². The van der Waals surface area contributed by atoms with Crippen LogP contribution in [0.3, 0.4) is 0 Å². The second kappa shape index (κ2) is 10.5. The Morgan fingerprint density at radius 3 is 2.19 bits per heavy atom. The van der Waals surface area contributed by atoms with Crippen molar-refractivity contribution in [2.75, 3.05) is 13.1 Å². The van der Waals surface area contributed by atoms with Crippen LogP contribution < -0.4 is 21.3 Å². The van der Waals surface area contributed by atoms with Crippen LogP contribution in [0.2, 0.25) is 0 Å². The van der Waals surface area contributed by atoms with E-state index in [9.17, 15) is 24.0 Å². The van der Waals surface area contributed by atoms with E-state index >= 15 is 0 Å². The van der Waals surface area contributed by atoms with Crippen molar-refractivity contribution < 1.29 is 34.2 Å². The molecule has 3 amide bonds. The fourth-order valence-corrected chi connectivity index (χ4v) is 2.63. The van der Waals surface area contributed by atoms with Gasteiger partial charge in [-0.1, -0.05) is 13.8 Å². The molecule has 3 atom stereocenters. The van der Waals surface area contributed by atoms with Crippen molar-refractivity contribution in [1.29, 1.82) is 0 Å². The van der Waals surface area contributed by atoms with E-state index in [1.165, 1.54) is 0 Å². The van der Waals surface area contributed by atoms with Crippen molar-refractivity contribution >= 4 is 29.7 Å². The summed E-state index contributed by atoms with van der Waals surface area (Å²) in [6.07, 6.45) is 0.734. The minimum atomic E-state index is -1.36. The Hall–Kier alpha value is -2.69. The number of carboxylic acid groups (broad SMARTS) is 2. The summed E-state index contributed by atoms with van der Waals surface area (Å²) in [5.41, 5.74) is 0. The molecule has 0 spiro atoms. The maximum absolute atomic E-state index is 12.5. The lowest BCUT2D eigenvalue weighted by atomic mass is 10.0. The number of hydrogen-bond acceptors (Lipinski definition) is 6. The summed E-state index contributed by atoms with van der Waals surface area (Å²) in [5, 5.41) is 27.6. The highest BCUT2D eigenvalue weighted by Gasteiger charge is 2.32. The Bertz CT molecular complexity index is 587. The number of carboxylic acids is 2. The van der Waals surface area contributed by atoms with Crippen LogP contribution in [0.25, 0.3) is 0 Å². The standard InChI is InChI=1S/C16H26N4O7/c1-8(2)13(16(27)18-7-12(23)24)20-15(26)10(6-11(21)22)19-14(25)9-4-3-5-17-9/h8-10,13,17H,3-7H2,1-2H3,(H,18,27)(H,19,25)(H,20,26)(H,21,22)(H,23,24). The molecule has 0 radical (unpaired) electrons. The van der Waals surface area contributed by atoms with Crippen molar-refractivity contribution in [2.45, 2.75) is 51.2 Å². The molecule has 1 rings (SSSR count). The van der Waals surface area contributed by atoms with E-state index in [0.717, 1.165) is 6.42 Å². The summed E-state index contributed by atoms with van der Waals surface area (Å²) in [6.45, 7) is 3.32. The molecular weight excluding hydrogens is 360 g/mol. The average Bonchev–Trinajstić information content (AvgIpc) is 3.10. The molecule has 27 heavy (non-hydrogen) atoms. The summed E-state index contributed by atoms with van der Waals surface area (Å²) >= 11 is 0. The lowest BCUT2D eigenvalue weighted by Crippen LogP contribution is -2.57. The molecule has 1 fully saturated rings. The molecule has 1 aliphatic rings. The zero-order valence-electron chi connectivity index (χ0n) is 15.3. The van der Waals surface area contributed by atoms with E-state index < -0.39 is 60.8 Å². The lowest BCUT2D eigenvalue weighted by Gasteiger charge is -2.25. The number of nitrogens with one attached hydrogen (secondary N) is 4. The molecule has 1 aliphatic heterocycles. The second-order valence-electron chi connectivity index (χ2n) is 6.65. The van der Waals surface area contributed by atoms with E-state index in [1.807, 2.05) is 0 Å². The zero-order valence-corrected chi connectivity index (χ0v) is 15.3. The molecule has 0 bridgehead atoms. The van der Waals surface area contributed by atoms with Gasteiger partial charge in [0.15, 0.2) is 0 Å². The van der Waals surface area contributed by atoms with Crippen LogP contribution in [0.5, 0.6) is 0 Å². The van der Waals surface area contributed by atoms with E-state index in [2.05, 4.69) is 21.3 Å². The van der Waals surface area contributed by atoms with Crippen molar-refractivity contribution in [3.63, 3.8) is 0 Å².